The Morgan fingerprint density at radius 1 is 1.41 bits per heavy atom. The second-order valence-electron chi connectivity index (χ2n) is 8.63. The summed E-state index contributed by atoms with van der Waals surface area (Å²) in [5.74, 6) is 0.00302. The first kappa shape index (κ1) is 24.1. The van der Waals surface area contributed by atoms with Crippen LogP contribution in [0.15, 0.2) is 23.3 Å². The maximum absolute atomic E-state index is 15.1. The first-order valence-corrected chi connectivity index (χ1v) is 11.4. The van der Waals surface area contributed by atoms with Crippen molar-refractivity contribution < 1.29 is 23.0 Å². The van der Waals surface area contributed by atoms with Gasteiger partial charge in [-0.1, -0.05) is 17.7 Å². The molecule has 0 saturated heterocycles. The Morgan fingerprint density at radius 3 is 2.85 bits per heavy atom. The number of hydrogen-bond acceptors (Lipinski definition) is 8. The number of thioether (sulfide) groups is 1. The summed E-state index contributed by atoms with van der Waals surface area (Å²) < 4.78 is 40.0. The van der Waals surface area contributed by atoms with E-state index in [-0.39, 0.29) is 40.8 Å². The molecule has 1 aromatic carbocycles. The molecule has 0 amide bonds. The molecule has 1 aliphatic heterocycles. The van der Waals surface area contributed by atoms with Crippen molar-refractivity contribution in [3.8, 4) is 18.2 Å². The normalized spacial score (nSPS) is 25.2. The van der Waals surface area contributed by atoms with Crippen molar-refractivity contribution in [1.29, 1.82) is 0 Å². The summed E-state index contributed by atoms with van der Waals surface area (Å²) >= 11 is 1.41. The van der Waals surface area contributed by atoms with E-state index in [4.69, 9.17) is 21.6 Å². The highest BCUT2D eigenvalue weighted by Crippen LogP contribution is 2.66. The lowest BCUT2D eigenvalue weighted by atomic mass is 9.84. The lowest BCUT2D eigenvalue weighted by molar-refractivity contribution is 0.0986. The van der Waals surface area contributed by atoms with E-state index in [9.17, 15) is 9.18 Å². The number of aliphatic imine (C=N–C) groups is 1. The van der Waals surface area contributed by atoms with E-state index in [0.717, 1.165) is 6.07 Å². The quantitative estimate of drug-likeness (QED) is 0.452. The predicted octanol–water partition coefficient (Wildman–Crippen LogP) is 3.18. The van der Waals surface area contributed by atoms with Crippen molar-refractivity contribution in [2.24, 2.45) is 16.6 Å². The van der Waals surface area contributed by atoms with Crippen LogP contribution in [0.25, 0.3) is 0 Å². The van der Waals surface area contributed by atoms with Crippen molar-refractivity contribution in [3.63, 3.8) is 0 Å². The Balaban J connectivity index is 1.64. The van der Waals surface area contributed by atoms with Gasteiger partial charge in [0.2, 0.25) is 5.88 Å². The third-order valence-corrected chi connectivity index (χ3v) is 7.51. The zero-order valence-electron chi connectivity index (χ0n) is 19.0. The van der Waals surface area contributed by atoms with Gasteiger partial charge in [-0.25, -0.2) is 18.7 Å². The molecule has 2 aromatic rings. The number of amidine groups is 1. The van der Waals surface area contributed by atoms with Crippen LogP contribution in [0.3, 0.4) is 0 Å². The molecule has 1 fully saturated rings. The number of aryl methyl sites for hydroxylation is 1. The molecule has 4 rings (SSSR count). The number of carbonyl (C=O) groups is 1. The number of rotatable bonds is 8. The number of benzene rings is 1. The summed E-state index contributed by atoms with van der Waals surface area (Å²) in [6.45, 7) is 3.81. The average molecular weight is 487 g/mol. The number of terminal acetylenes is 1. The van der Waals surface area contributed by atoms with Crippen LogP contribution >= 0.6 is 11.8 Å². The molecule has 1 saturated carbocycles. The molecule has 0 bridgehead atoms. The Kier molecular flexibility index (Phi) is 6.36. The highest BCUT2D eigenvalue weighted by molar-refractivity contribution is 8.15. The van der Waals surface area contributed by atoms with Crippen molar-refractivity contribution in [3.05, 3.63) is 52.5 Å². The third-order valence-electron chi connectivity index (χ3n) is 6.23. The van der Waals surface area contributed by atoms with E-state index in [0.29, 0.717) is 29.5 Å². The number of hydrogen-bond donors (Lipinski definition) is 1. The highest BCUT2D eigenvalue weighted by atomic mass is 32.2. The lowest BCUT2D eigenvalue weighted by Gasteiger charge is -2.34. The Morgan fingerprint density at radius 2 is 2.18 bits per heavy atom. The van der Waals surface area contributed by atoms with Crippen LogP contribution in [0.5, 0.6) is 5.88 Å². The molecule has 2 aliphatic rings. The van der Waals surface area contributed by atoms with Gasteiger partial charge in [0.1, 0.15) is 5.69 Å². The molecular formula is C24H24F2N4O3S. The van der Waals surface area contributed by atoms with E-state index in [2.05, 4.69) is 20.9 Å². The largest absolute Gasteiger partial charge is 0.463 e. The molecule has 1 aromatic heterocycles. The van der Waals surface area contributed by atoms with E-state index >= 15 is 4.39 Å². The number of aromatic nitrogens is 2. The van der Waals surface area contributed by atoms with Gasteiger partial charge in [-0.15, -0.1) is 6.42 Å². The standard InChI is InChI=1S/C24H24F2N4O3S/c1-5-6-33-19-11-28-21(13(2)29-19)17(31)9-14-7-15(20(26)16(25)8-14)23(3)18-10-24(18,12-32-4)34-22(27)30-23/h1,7-8,11,18H,6,9-10,12H2,2-4H3,(H2,27,30)/t18-,23+,24+/m0/s1. The minimum Gasteiger partial charge on any atom is -0.463 e. The van der Waals surface area contributed by atoms with Crippen LogP contribution in [0, 0.1) is 36.8 Å². The second-order valence-corrected chi connectivity index (χ2v) is 10.1. The van der Waals surface area contributed by atoms with E-state index in [1.165, 1.54) is 24.0 Å². The van der Waals surface area contributed by atoms with Gasteiger partial charge < -0.3 is 15.2 Å². The topological polar surface area (TPSA) is 99.7 Å². The van der Waals surface area contributed by atoms with Crippen LogP contribution in [0.4, 0.5) is 8.78 Å². The summed E-state index contributed by atoms with van der Waals surface area (Å²) in [5, 5.41) is 0.299. The molecule has 7 nitrogen and oxygen atoms in total. The number of ether oxygens (including phenoxy) is 2. The summed E-state index contributed by atoms with van der Waals surface area (Å²) in [6.07, 6.45) is 6.98. The summed E-state index contributed by atoms with van der Waals surface area (Å²) in [4.78, 5) is 25.7. The van der Waals surface area contributed by atoms with E-state index in [1.54, 1.807) is 21.0 Å². The maximum atomic E-state index is 15.1. The van der Waals surface area contributed by atoms with Gasteiger partial charge in [0.25, 0.3) is 0 Å². The summed E-state index contributed by atoms with van der Waals surface area (Å²) in [6, 6.07) is 2.51. The van der Waals surface area contributed by atoms with E-state index < -0.39 is 23.0 Å². The fourth-order valence-corrected chi connectivity index (χ4v) is 6.08. The minimum atomic E-state index is -1.08. The zero-order valence-corrected chi connectivity index (χ0v) is 19.8. The maximum Gasteiger partial charge on any atom is 0.233 e. The van der Waals surface area contributed by atoms with Gasteiger partial charge in [0, 0.05) is 25.0 Å². The Hall–Kier alpha value is -3.03. The van der Waals surface area contributed by atoms with Gasteiger partial charge in [0.05, 0.1) is 28.8 Å². The molecule has 2 N–H and O–H groups in total. The number of Topliss-reactive ketones (excluding diaryl/α,β-unsaturated/α-hetero) is 1. The summed E-state index contributed by atoms with van der Waals surface area (Å²) in [7, 11) is 1.59. The van der Waals surface area contributed by atoms with Crippen LogP contribution in [-0.2, 0) is 16.7 Å². The van der Waals surface area contributed by atoms with E-state index in [1.807, 2.05) is 0 Å². The molecule has 178 valence electrons. The fraction of sp³-hybridized carbons (Fsp3) is 0.417. The SMILES string of the molecule is C#CCOc1cnc(C(=O)Cc2cc(F)c(F)c([C@@]3(C)N=C(N)S[C@@]4(COC)C[C@H]43)c2)c(C)n1. The second kappa shape index (κ2) is 8.96. The van der Waals surface area contributed by atoms with Crippen LogP contribution < -0.4 is 10.5 Å². The fourth-order valence-electron chi connectivity index (χ4n) is 4.63. The number of fused-ring (bicyclic) bond motifs is 1. The Labute approximate surface area is 200 Å². The molecular weight excluding hydrogens is 462 g/mol. The smallest absolute Gasteiger partial charge is 0.233 e. The molecule has 0 spiro atoms. The molecule has 1 aliphatic carbocycles. The molecule has 2 heterocycles. The van der Waals surface area contributed by atoms with Crippen molar-refractivity contribution in [1.82, 2.24) is 9.97 Å². The molecule has 0 radical (unpaired) electrons. The van der Waals surface area contributed by atoms with Gasteiger partial charge in [0.15, 0.2) is 29.2 Å². The van der Waals surface area contributed by atoms with Crippen LogP contribution in [-0.4, -0.2) is 46.0 Å². The van der Waals surface area contributed by atoms with Gasteiger partial charge in [-0.05, 0) is 38.0 Å². The number of carbonyl (C=O) groups excluding carboxylic acids is 1. The van der Waals surface area contributed by atoms with Crippen molar-refractivity contribution >= 4 is 22.7 Å². The Bertz CT molecular complexity index is 1230. The average Bonchev–Trinajstić information content (AvgIpc) is 3.49. The van der Waals surface area contributed by atoms with Crippen molar-refractivity contribution in [2.45, 2.75) is 37.0 Å². The molecule has 3 atom stereocenters. The molecule has 10 heteroatoms. The summed E-state index contributed by atoms with van der Waals surface area (Å²) in [5.41, 5.74) is 5.83. The third kappa shape index (κ3) is 4.26. The lowest BCUT2D eigenvalue weighted by Crippen LogP contribution is -2.38. The first-order chi connectivity index (χ1) is 16.1. The molecule has 0 unspecified atom stereocenters. The predicted molar refractivity (Wildman–Crippen MR) is 125 cm³/mol. The highest BCUT2D eigenvalue weighted by Gasteiger charge is 2.66. The number of nitrogens with zero attached hydrogens (tertiary/aromatic N) is 3. The monoisotopic (exact) mass is 486 g/mol. The zero-order chi connectivity index (χ0) is 24.7. The number of ketones is 1. The minimum absolute atomic E-state index is 0.0238. The van der Waals surface area contributed by atoms with Crippen LogP contribution in [0.2, 0.25) is 0 Å². The van der Waals surface area contributed by atoms with Crippen molar-refractivity contribution in [2.75, 3.05) is 20.3 Å². The first-order valence-electron chi connectivity index (χ1n) is 10.6. The number of nitrogens with two attached hydrogens (primary N) is 1. The van der Waals surface area contributed by atoms with Gasteiger partial charge >= 0.3 is 0 Å². The number of methoxy groups -OCH3 is 1. The van der Waals surface area contributed by atoms with Gasteiger partial charge in [-0.3, -0.25) is 9.79 Å². The van der Waals surface area contributed by atoms with Crippen LogP contribution in [0.1, 0.15) is 40.7 Å². The number of halogens is 2. The molecule has 34 heavy (non-hydrogen) atoms. The van der Waals surface area contributed by atoms with Gasteiger partial charge in [-0.2, -0.15) is 0 Å².